The van der Waals surface area contributed by atoms with Crippen LogP contribution < -0.4 is 20.7 Å². The van der Waals surface area contributed by atoms with Gasteiger partial charge in [-0.2, -0.15) is 0 Å². The van der Waals surface area contributed by atoms with Gasteiger partial charge in [0.1, 0.15) is 5.75 Å². The lowest BCUT2D eigenvalue weighted by atomic mass is 9.89. The van der Waals surface area contributed by atoms with Crippen LogP contribution in [0.4, 0.5) is 0 Å². The van der Waals surface area contributed by atoms with Crippen LogP contribution in [-0.2, 0) is 24.1 Å². The summed E-state index contributed by atoms with van der Waals surface area (Å²) in [6.45, 7) is 1.13. The summed E-state index contributed by atoms with van der Waals surface area (Å²) in [5, 5.41) is 5.96. The quantitative estimate of drug-likeness (QED) is 0.352. The molecular formula is C30H36NO2P. The maximum atomic E-state index is 6.28. The van der Waals surface area contributed by atoms with Crippen molar-refractivity contribution in [2.45, 2.75) is 32.2 Å². The Balaban J connectivity index is 1.72. The molecule has 0 saturated carbocycles. The average molecular weight is 474 g/mol. The first kappa shape index (κ1) is 24.7. The highest BCUT2D eigenvalue weighted by Crippen LogP contribution is 2.31. The van der Waals surface area contributed by atoms with Crippen molar-refractivity contribution in [3.05, 3.63) is 102 Å². The Hall–Kier alpha value is -2.45. The maximum absolute atomic E-state index is 6.28. The molecule has 0 radical (unpaired) electrons. The van der Waals surface area contributed by atoms with E-state index in [0.717, 1.165) is 38.0 Å². The molecular weight excluding hydrogens is 437 g/mol. The molecule has 0 spiro atoms. The summed E-state index contributed by atoms with van der Waals surface area (Å²) >= 11 is 0. The van der Waals surface area contributed by atoms with Gasteiger partial charge in [-0.25, -0.2) is 0 Å². The number of benzene rings is 2. The molecule has 2 aromatic carbocycles. The lowest BCUT2D eigenvalue weighted by molar-refractivity contribution is 0.0511. The largest absolute Gasteiger partial charge is 0.467 e. The summed E-state index contributed by atoms with van der Waals surface area (Å²) in [7, 11) is 4.22. The molecule has 0 heterocycles. The summed E-state index contributed by atoms with van der Waals surface area (Å²) in [6.07, 6.45) is 22.1. The summed E-state index contributed by atoms with van der Waals surface area (Å²) < 4.78 is 11.6. The lowest BCUT2D eigenvalue weighted by Crippen LogP contribution is -2.19. The van der Waals surface area contributed by atoms with Gasteiger partial charge in [0.05, 0.1) is 0 Å². The van der Waals surface area contributed by atoms with Crippen LogP contribution in [0.2, 0.25) is 0 Å². The van der Waals surface area contributed by atoms with Gasteiger partial charge in [0.2, 0.25) is 0 Å². The third kappa shape index (κ3) is 6.79. The molecule has 0 aromatic heterocycles. The van der Waals surface area contributed by atoms with Crippen molar-refractivity contribution in [2.24, 2.45) is 11.8 Å². The Morgan fingerprint density at radius 2 is 1.62 bits per heavy atom. The molecule has 4 heteroatoms. The predicted molar refractivity (Wildman–Crippen MR) is 146 cm³/mol. The van der Waals surface area contributed by atoms with E-state index in [2.05, 4.69) is 90.3 Å². The van der Waals surface area contributed by atoms with E-state index in [9.17, 15) is 0 Å². The number of hydrogen-bond acceptors (Lipinski definition) is 3. The smallest absolute Gasteiger partial charge is 0.188 e. The molecule has 4 rings (SSSR count). The molecule has 3 atom stereocenters. The second-order valence-electron chi connectivity index (χ2n) is 9.02. The van der Waals surface area contributed by atoms with E-state index in [4.69, 9.17) is 9.47 Å². The van der Waals surface area contributed by atoms with Gasteiger partial charge < -0.3 is 14.8 Å². The van der Waals surface area contributed by atoms with Gasteiger partial charge in [-0.1, -0.05) is 87.5 Å². The van der Waals surface area contributed by atoms with Crippen molar-refractivity contribution < 1.29 is 9.47 Å². The van der Waals surface area contributed by atoms with Gasteiger partial charge in [-0.05, 0) is 72.6 Å². The molecule has 1 N–H and O–H groups in total. The zero-order valence-corrected chi connectivity index (χ0v) is 21.3. The van der Waals surface area contributed by atoms with Crippen LogP contribution in [0.25, 0.3) is 0 Å². The fraction of sp³-hybridized carbons (Fsp3) is 0.333. The highest BCUT2D eigenvalue weighted by molar-refractivity contribution is 7.55. The topological polar surface area (TPSA) is 30.5 Å². The maximum Gasteiger partial charge on any atom is 0.188 e. The molecule has 3 nitrogen and oxygen atoms in total. The van der Waals surface area contributed by atoms with Crippen LogP contribution in [0.3, 0.4) is 0 Å². The first-order valence-corrected chi connectivity index (χ1v) is 13.2. The van der Waals surface area contributed by atoms with Crippen LogP contribution in [0.5, 0.6) is 5.75 Å². The van der Waals surface area contributed by atoms with Crippen molar-refractivity contribution in [3.8, 4) is 5.75 Å². The van der Waals surface area contributed by atoms with E-state index in [0.29, 0.717) is 20.4 Å². The summed E-state index contributed by atoms with van der Waals surface area (Å²) in [5.74, 6) is 2.05. The van der Waals surface area contributed by atoms with Crippen LogP contribution in [0.15, 0.2) is 85.0 Å². The van der Waals surface area contributed by atoms with Crippen molar-refractivity contribution in [3.63, 3.8) is 0 Å². The molecule has 0 aliphatic heterocycles. The van der Waals surface area contributed by atoms with Gasteiger partial charge >= 0.3 is 0 Å². The highest BCUT2D eigenvalue weighted by atomic mass is 31.1. The van der Waals surface area contributed by atoms with E-state index >= 15 is 0 Å². The Bertz CT molecular complexity index is 1070. The number of nitrogens with one attached hydrogen (secondary N) is 1. The number of hydrogen-bond donors (Lipinski definition) is 1. The standard InChI is InChI=1S/C30H36NO2P/c1-31-21-26-15-9-10-16-28(26)34-29-20-25(17-23-11-5-3-6-12-23)19-27(30(29)33-22-32-2)18-24-13-7-4-8-14-24/h3-11,13,15-16,19-20,23-24,31,34H,12,14,17-18,21-22H2,1-2H3. The Morgan fingerprint density at radius 1 is 0.882 bits per heavy atom. The van der Waals surface area contributed by atoms with Crippen molar-refractivity contribution >= 4 is 19.2 Å². The van der Waals surface area contributed by atoms with E-state index in [1.807, 2.05) is 7.05 Å². The summed E-state index contributed by atoms with van der Waals surface area (Å²) in [5.41, 5.74) is 4.03. The predicted octanol–water partition coefficient (Wildman–Crippen LogP) is 5.37. The van der Waals surface area contributed by atoms with E-state index < -0.39 is 0 Å². The molecule has 0 saturated heterocycles. The second kappa shape index (κ2) is 12.9. The van der Waals surface area contributed by atoms with Gasteiger partial charge in [-0.3, -0.25) is 0 Å². The number of allylic oxidation sites excluding steroid dienone is 8. The fourth-order valence-corrected chi connectivity index (χ4v) is 6.09. The van der Waals surface area contributed by atoms with E-state index in [1.165, 1.54) is 27.3 Å². The SMILES string of the molecule is CNCc1ccccc1Pc1cc(CC2C=CC=CC2)cc(CC2C=CC=CC2)c1OCOC. The van der Waals surface area contributed by atoms with Gasteiger partial charge in [0, 0.05) is 19.0 Å². The minimum Gasteiger partial charge on any atom is -0.467 e. The van der Waals surface area contributed by atoms with Crippen molar-refractivity contribution in [2.75, 3.05) is 21.0 Å². The van der Waals surface area contributed by atoms with Gasteiger partial charge in [0.15, 0.2) is 6.79 Å². The number of ether oxygens (including phenoxy) is 2. The van der Waals surface area contributed by atoms with Gasteiger partial charge in [-0.15, -0.1) is 0 Å². The fourth-order valence-electron chi connectivity index (χ4n) is 4.69. The second-order valence-corrected chi connectivity index (χ2v) is 10.3. The van der Waals surface area contributed by atoms with Crippen LogP contribution >= 0.6 is 8.58 Å². The first-order valence-electron chi connectivity index (χ1n) is 12.2. The Kier molecular flexibility index (Phi) is 9.33. The molecule has 2 aromatic rings. The lowest BCUT2D eigenvalue weighted by Gasteiger charge is -2.22. The Labute approximate surface area is 206 Å². The molecule has 2 aliphatic rings. The van der Waals surface area contributed by atoms with E-state index in [-0.39, 0.29) is 6.79 Å². The first-order chi connectivity index (χ1) is 16.8. The third-order valence-corrected chi connectivity index (χ3v) is 7.72. The van der Waals surface area contributed by atoms with Crippen LogP contribution in [0.1, 0.15) is 29.5 Å². The summed E-state index contributed by atoms with van der Waals surface area (Å²) in [6, 6.07) is 13.5. The minimum atomic E-state index is 0.262. The molecule has 3 unspecified atom stereocenters. The van der Waals surface area contributed by atoms with E-state index in [1.54, 1.807) is 7.11 Å². The third-order valence-electron chi connectivity index (χ3n) is 6.32. The molecule has 178 valence electrons. The monoisotopic (exact) mass is 473 g/mol. The number of methoxy groups -OCH3 is 1. The van der Waals surface area contributed by atoms with Crippen molar-refractivity contribution in [1.29, 1.82) is 0 Å². The highest BCUT2D eigenvalue weighted by Gasteiger charge is 2.19. The summed E-state index contributed by atoms with van der Waals surface area (Å²) in [4.78, 5) is 0. The van der Waals surface area contributed by atoms with Crippen LogP contribution in [-0.4, -0.2) is 21.0 Å². The van der Waals surface area contributed by atoms with Crippen molar-refractivity contribution in [1.82, 2.24) is 5.32 Å². The Morgan fingerprint density at radius 3 is 2.29 bits per heavy atom. The molecule has 0 amide bonds. The molecule has 0 fully saturated rings. The number of rotatable bonds is 11. The van der Waals surface area contributed by atoms with Gasteiger partial charge in [0.25, 0.3) is 0 Å². The zero-order valence-electron chi connectivity index (χ0n) is 20.3. The normalized spacial score (nSPS) is 19.4. The average Bonchev–Trinajstić information content (AvgIpc) is 2.86. The zero-order chi connectivity index (χ0) is 23.6. The van der Waals surface area contributed by atoms with Crippen LogP contribution in [0, 0.1) is 11.8 Å². The molecule has 34 heavy (non-hydrogen) atoms. The molecule has 2 aliphatic carbocycles. The molecule has 0 bridgehead atoms. The minimum absolute atomic E-state index is 0.262.